The fourth-order valence-corrected chi connectivity index (χ4v) is 3.20. The van der Waals surface area contributed by atoms with Crippen LogP contribution in [-0.4, -0.2) is 25.9 Å². The molecule has 0 aliphatic heterocycles. The molecular weight excluding hydrogens is 333 g/mol. The van der Waals surface area contributed by atoms with E-state index in [0.717, 1.165) is 5.56 Å². The Morgan fingerprint density at radius 3 is 2.61 bits per heavy atom. The first-order valence-corrected chi connectivity index (χ1v) is 8.14. The van der Waals surface area contributed by atoms with E-state index in [1.807, 2.05) is 26.0 Å². The molecule has 2 N–H and O–H groups in total. The summed E-state index contributed by atoms with van der Waals surface area (Å²) in [7, 11) is 0. The van der Waals surface area contributed by atoms with Gasteiger partial charge < -0.3 is 5.11 Å². The van der Waals surface area contributed by atoms with E-state index in [0.29, 0.717) is 35.1 Å². The van der Waals surface area contributed by atoms with Crippen LogP contribution in [0.3, 0.4) is 0 Å². The van der Waals surface area contributed by atoms with Gasteiger partial charge in [0.25, 0.3) is 0 Å². The lowest BCUT2D eigenvalue weighted by Crippen LogP contribution is -2.48. The van der Waals surface area contributed by atoms with E-state index in [1.54, 1.807) is 12.1 Å². The molecule has 1 unspecified atom stereocenters. The first-order chi connectivity index (χ1) is 10.8. The third kappa shape index (κ3) is 4.14. The fourth-order valence-electron chi connectivity index (χ4n) is 2.73. The number of nitrogens with one attached hydrogen (secondary N) is 1. The van der Waals surface area contributed by atoms with Crippen LogP contribution >= 0.6 is 23.2 Å². The number of rotatable bonds is 7. The van der Waals surface area contributed by atoms with Crippen LogP contribution in [0.25, 0.3) is 0 Å². The number of hydrogen-bond donors (Lipinski definition) is 2. The first-order valence-electron chi connectivity index (χ1n) is 7.39. The average molecular weight is 354 g/mol. The number of aromatic nitrogens is 3. The SMILES string of the molecule is C=CCC(O)(Cc1ncn[nH]1)C(C)(C)Cc1ccc(Cl)cc1Cl. The smallest absolute Gasteiger partial charge is 0.137 e. The molecule has 0 fully saturated rings. The Hall–Kier alpha value is -1.36. The second-order valence-corrected chi connectivity index (χ2v) is 7.27. The van der Waals surface area contributed by atoms with Gasteiger partial charge in [-0.3, -0.25) is 5.10 Å². The molecule has 0 aliphatic carbocycles. The van der Waals surface area contributed by atoms with Gasteiger partial charge in [0.2, 0.25) is 0 Å². The van der Waals surface area contributed by atoms with Gasteiger partial charge in [-0.15, -0.1) is 6.58 Å². The van der Waals surface area contributed by atoms with Crippen molar-refractivity contribution in [2.24, 2.45) is 5.41 Å². The second kappa shape index (κ2) is 7.04. The van der Waals surface area contributed by atoms with Crippen LogP contribution in [0.2, 0.25) is 10.0 Å². The maximum Gasteiger partial charge on any atom is 0.137 e. The highest BCUT2D eigenvalue weighted by Crippen LogP contribution is 2.40. The number of nitrogens with zero attached hydrogens (tertiary/aromatic N) is 2. The van der Waals surface area contributed by atoms with Gasteiger partial charge in [-0.1, -0.05) is 49.2 Å². The molecule has 23 heavy (non-hydrogen) atoms. The molecule has 0 spiro atoms. The molecule has 0 radical (unpaired) electrons. The maximum atomic E-state index is 11.3. The minimum absolute atomic E-state index is 0.358. The molecular formula is C17H21Cl2N3O. The zero-order valence-corrected chi connectivity index (χ0v) is 14.8. The molecule has 1 heterocycles. The lowest BCUT2D eigenvalue weighted by molar-refractivity contribution is -0.0656. The van der Waals surface area contributed by atoms with Crippen molar-refractivity contribution in [1.29, 1.82) is 0 Å². The van der Waals surface area contributed by atoms with Gasteiger partial charge in [-0.25, -0.2) is 4.98 Å². The van der Waals surface area contributed by atoms with Crippen molar-refractivity contribution in [3.05, 3.63) is 58.6 Å². The molecule has 1 aromatic heterocycles. The van der Waals surface area contributed by atoms with Crippen LogP contribution in [0.15, 0.2) is 37.2 Å². The van der Waals surface area contributed by atoms with E-state index in [2.05, 4.69) is 21.8 Å². The monoisotopic (exact) mass is 353 g/mol. The summed E-state index contributed by atoms with van der Waals surface area (Å²) in [5.41, 5.74) is -0.552. The molecule has 6 heteroatoms. The van der Waals surface area contributed by atoms with Crippen molar-refractivity contribution in [2.45, 2.75) is 38.7 Å². The van der Waals surface area contributed by atoms with Gasteiger partial charge in [0.05, 0.1) is 5.60 Å². The van der Waals surface area contributed by atoms with E-state index in [-0.39, 0.29) is 0 Å². The predicted octanol–water partition coefficient (Wildman–Crippen LogP) is 4.23. The molecule has 0 amide bonds. The van der Waals surface area contributed by atoms with Crippen molar-refractivity contribution in [1.82, 2.24) is 15.2 Å². The summed E-state index contributed by atoms with van der Waals surface area (Å²) < 4.78 is 0. The van der Waals surface area contributed by atoms with Gasteiger partial charge in [0.15, 0.2) is 0 Å². The van der Waals surface area contributed by atoms with Crippen LogP contribution in [0.1, 0.15) is 31.7 Å². The summed E-state index contributed by atoms with van der Waals surface area (Å²) in [6.07, 6.45) is 4.55. The van der Waals surface area contributed by atoms with Crippen LogP contribution in [0, 0.1) is 5.41 Å². The largest absolute Gasteiger partial charge is 0.389 e. The summed E-state index contributed by atoms with van der Waals surface area (Å²) in [5, 5.41) is 19.1. The molecule has 2 rings (SSSR count). The number of benzene rings is 1. The van der Waals surface area contributed by atoms with Crippen LogP contribution in [-0.2, 0) is 12.8 Å². The summed E-state index contributed by atoms with van der Waals surface area (Å²) in [6.45, 7) is 7.80. The standard InChI is InChI=1S/C17H21Cl2N3O/c1-4-7-17(23,10-15-20-11-21-22-15)16(2,3)9-12-5-6-13(18)8-14(12)19/h4-6,8,11,23H,1,7,9-10H2,2-3H3,(H,20,21,22). The predicted molar refractivity (Wildman–Crippen MR) is 93.8 cm³/mol. The van der Waals surface area contributed by atoms with Crippen LogP contribution in [0.4, 0.5) is 0 Å². The van der Waals surface area contributed by atoms with Gasteiger partial charge in [-0.2, -0.15) is 5.10 Å². The summed E-state index contributed by atoms with van der Waals surface area (Å²) in [4.78, 5) is 4.13. The third-order valence-electron chi connectivity index (χ3n) is 4.31. The lowest BCUT2D eigenvalue weighted by Gasteiger charge is -2.42. The Labute approximate surface area is 146 Å². The molecule has 4 nitrogen and oxygen atoms in total. The highest BCUT2D eigenvalue weighted by Gasteiger charge is 2.43. The topological polar surface area (TPSA) is 61.8 Å². The second-order valence-electron chi connectivity index (χ2n) is 6.43. The van der Waals surface area contributed by atoms with E-state index in [1.165, 1.54) is 6.33 Å². The Bertz CT molecular complexity index is 670. The number of halogens is 2. The van der Waals surface area contributed by atoms with Crippen LogP contribution < -0.4 is 0 Å². The quantitative estimate of drug-likeness (QED) is 0.732. The zero-order chi connectivity index (χ0) is 17.1. The van der Waals surface area contributed by atoms with Crippen molar-refractivity contribution in [2.75, 3.05) is 0 Å². The average Bonchev–Trinajstić information content (AvgIpc) is 2.94. The number of hydrogen-bond acceptors (Lipinski definition) is 3. The minimum Gasteiger partial charge on any atom is -0.389 e. The van der Waals surface area contributed by atoms with Gasteiger partial charge >= 0.3 is 0 Å². The molecule has 1 aromatic carbocycles. The summed E-state index contributed by atoms with van der Waals surface area (Å²) >= 11 is 12.2. The van der Waals surface area contributed by atoms with Gasteiger partial charge in [0, 0.05) is 16.5 Å². The first kappa shape index (κ1) is 18.0. The number of aromatic amines is 1. The normalized spacial score (nSPS) is 14.5. The Kier molecular flexibility index (Phi) is 5.50. The van der Waals surface area contributed by atoms with Crippen molar-refractivity contribution >= 4 is 23.2 Å². The Morgan fingerprint density at radius 1 is 1.30 bits per heavy atom. The number of H-pyrrole nitrogens is 1. The molecule has 1 atom stereocenters. The van der Waals surface area contributed by atoms with E-state index < -0.39 is 11.0 Å². The summed E-state index contributed by atoms with van der Waals surface area (Å²) in [5.74, 6) is 0.643. The van der Waals surface area contributed by atoms with E-state index in [9.17, 15) is 5.11 Å². The minimum atomic E-state index is -1.03. The van der Waals surface area contributed by atoms with Gasteiger partial charge in [0.1, 0.15) is 12.2 Å². The fraction of sp³-hybridized carbons (Fsp3) is 0.412. The van der Waals surface area contributed by atoms with E-state index >= 15 is 0 Å². The molecule has 0 saturated heterocycles. The molecule has 2 aromatic rings. The Morgan fingerprint density at radius 2 is 2.04 bits per heavy atom. The van der Waals surface area contributed by atoms with Crippen molar-refractivity contribution in [3.63, 3.8) is 0 Å². The van der Waals surface area contributed by atoms with Crippen molar-refractivity contribution < 1.29 is 5.11 Å². The Balaban J connectivity index is 2.29. The molecule has 0 aliphatic rings. The number of aliphatic hydroxyl groups is 1. The zero-order valence-electron chi connectivity index (χ0n) is 13.3. The molecule has 0 bridgehead atoms. The van der Waals surface area contributed by atoms with Crippen molar-refractivity contribution in [3.8, 4) is 0 Å². The highest BCUT2D eigenvalue weighted by atomic mass is 35.5. The van der Waals surface area contributed by atoms with Gasteiger partial charge in [-0.05, 0) is 36.0 Å². The van der Waals surface area contributed by atoms with Crippen LogP contribution in [0.5, 0.6) is 0 Å². The molecule has 0 saturated carbocycles. The lowest BCUT2D eigenvalue weighted by atomic mass is 9.67. The highest BCUT2D eigenvalue weighted by molar-refractivity contribution is 6.35. The third-order valence-corrected chi connectivity index (χ3v) is 4.90. The van der Waals surface area contributed by atoms with E-state index in [4.69, 9.17) is 23.2 Å². The maximum absolute atomic E-state index is 11.3. The molecule has 124 valence electrons. The summed E-state index contributed by atoms with van der Waals surface area (Å²) in [6, 6.07) is 5.43.